The topological polar surface area (TPSA) is 54.0 Å². The summed E-state index contributed by atoms with van der Waals surface area (Å²) in [5.74, 6) is 2.70. The normalized spacial score (nSPS) is 18.1. The first kappa shape index (κ1) is 28.4. The van der Waals surface area contributed by atoms with Gasteiger partial charge in [-0.3, -0.25) is 4.90 Å². The van der Waals surface area contributed by atoms with Crippen molar-refractivity contribution in [3.8, 4) is 17.2 Å². The summed E-state index contributed by atoms with van der Waals surface area (Å²) in [5.41, 5.74) is 6.55. The molecule has 0 spiro atoms. The van der Waals surface area contributed by atoms with Crippen LogP contribution in [0.3, 0.4) is 0 Å². The van der Waals surface area contributed by atoms with Gasteiger partial charge in [-0.25, -0.2) is 0 Å². The molecule has 5 nitrogen and oxygen atoms in total. The Morgan fingerprint density at radius 3 is 2.52 bits per heavy atom. The van der Waals surface area contributed by atoms with Crippen molar-refractivity contribution in [2.45, 2.75) is 76.7 Å². The molecular formula is C35H46N2O3. The molecule has 1 aliphatic heterocycles. The van der Waals surface area contributed by atoms with E-state index in [0.29, 0.717) is 11.7 Å². The van der Waals surface area contributed by atoms with Crippen LogP contribution in [0.15, 0.2) is 60.7 Å². The molecule has 214 valence electrons. The Hall–Kier alpha value is -3.18. The molecule has 1 aliphatic carbocycles. The molecule has 2 N–H and O–H groups in total. The molecular weight excluding hydrogens is 496 g/mol. The highest BCUT2D eigenvalue weighted by molar-refractivity contribution is 5.57. The van der Waals surface area contributed by atoms with Crippen LogP contribution in [-0.2, 0) is 19.3 Å². The lowest BCUT2D eigenvalue weighted by atomic mass is 9.79. The zero-order chi connectivity index (χ0) is 27.7. The molecule has 2 unspecified atom stereocenters. The monoisotopic (exact) mass is 542 g/mol. The smallest absolute Gasteiger partial charge is 0.120 e. The van der Waals surface area contributed by atoms with Crippen molar-refractivity contribution in [3.05, 3.63) is 82.9 Å². The van der Waals surface area contributed by atoms with Crippen LogP contribution >= 0.6 is 0 Å². The van der Waals surface area contributed by atoms with Gasteiger partial charge in [-0.05, 0) is 130 Å². The van der Waals surface area contributed by atoms with Crippen molar-refractivity contribution in [1.29, 1.82) is 0 Å². The van der Waals surface area contributed by atoms with Crippen molar-refractivity contribution in [1.82, 2.24) is 4.90 Å². The van der Waals surface area contributed by atoms with E-state index in [2.05, 4.69) is 65.7 Å². The van der Waals surface area contributed by atoms with Crippen LogP contribution in [0.2, 0.25) is 0 Å². The molecule has 40 heavy (non-hydrogen) atoms. The highest BCUT2D eigenvalue weighted by atomic mass is 16.5. The zero-order valence-electron chi connectivity index (χ0n) is 24.3. The van der Waals surface area contributed by atoms with E-state index in [-0.39, 0.29) is 6.10 Å². The molecule has 0 aromatic heterocycles. The van der Waals surface area contributed by atoms with Gasteiger partial charge in [-0.2, -0.15) is 0 Å². The number of benzene rings is 3. The standard InChI is InChI=1S/C35H46N2O3/c1-26(25-37-20-6-3-7-21-37)40-32-15-9-27(10-16-32)8-4-5-19-36-35-24-33(39-2)17-18-34(35)30-12-11-29-23-31(38)14-13-28(29)22-30/h9-10,13-18,23-24,26,30,36,38H,3-8,11-12,19-22,25H2,1-2H3. The van der Waals surface area contributed by atoms with Gasteiger partial charge >= 0.3 is 0 Å². The van der Waals surface area contributed by atoms with Crippen LogP contribution in [0.25, 0.3) is 0 Å². The Morgan fingerprint density at radius 2 is 1.73 bits per heavy atom. The lowest BCUT2D eigenvalue weighted by Gasteiger charge is -2.29. The van der Waals surface area contributed by atoms with Crippen LogP contribution in [0.1, 0.15) is 73.6 Å². The summed E-state index contributed by atoms with van der Waals surface area (Å²) in [4.78, 5) is 2.53. The van der Waals surface area contributed by atoms with E-state index in [1.54, 1.807) is 7.11 Å². The zero-order valence-corrected chi connectivity index (χ0v) is 24.3. The Kier molecular flexibility index (Phi) is 9.88. The average Bonchev–Trinajstić information content (AvgIpc) is 2.98. The number of aromatic hydroxyl groups is 1. The van der Waals surface area contributed by atoms with Gasteiger partial charge in [0.05, 0.1) is 7.11 Å². The second kappa shape index (κ2) is 13.9. The van der Waals surface area contributed by atoms with E-state index >= 15 is 0 Å². The quantitative estimate of drug-likeness (QED) is 0.234. The van der Waals surface area contributed by atoms with Crippen LogP contribution in [0, 0.1) is 0 Å². The number of likely N-dealkylation sites (tertiary alicyclic amines) is 1. The second-order valence-corrected chi connectivity index (χ2v) is 11.7. The molecule has 5 rings (SSSR count). The van der Waals surface area contributed by atoms with Crippen LogP contribution in [0.4, 0.5) is 5.69 Å². The maximum Gasteiger partial charge on any atom is 0.120 e. The first-order valence-corrected chi connectivity index (χ1v) is 15.3. The SMILES string of the molecule is COc1ccc(C2CCc3cc(O)ccc3C2)c(NCCCCc2ccc(OC(C)CN3CCCCC3)cc2)c1. The number of anilines is 1. The van der Waals surface area contributed by atoms with Gasteiger partial charge in [-0.1, -0.05) is 30.7 Å². The molecule has 0 saturated carbocycles. The second-order valence-electron chi connectivity index (χ2n) is 11.7. The molecule has 1 fully saturated rings. The fourth-order valence-electron chi connectivity index (χ4n) is 6.37. The van der Waals surface area contributed by atoms with Gasteiger partial charge < -0.3 is 19.9 Å². The van der Waals surface area contributed by atoms with E-state index in [9.17, 15) is 5.11 Å². The number of nitrogens with zero attached hydrogens (tertiary/aromatic N) is 1. The maximum absolute atomic E-state index is 9.85. The van der Waals surface area contributed by atoms with Crippen molar-refractivity contribution in [2.75, 3.05) is 38.6 Å². The third-order valence-electron chi connectivity index (χ3n) is 8.55. The summed E-state index contributed by atoms with van der Waals surface area (Å²) >= 11 is 0. The number of ether oxygens (including phenoxy) is 2. The number of fused-ring (bicyclic) bond motifs is 1. The first-order chi connectivity index (χ1) is 19.6. The van der Waals surface area contributed by atoms with Crippen molar-refractivity contribution in [2.24, 2.45) is 0 Å². The number of phenols is 1. The molecule has 5 heteroatoms. The molecule has 1 saturated heterocycles. The van der Waals surface area contributed by atoms with Crippen molar-refractivity contribution in [3.63, 3.8) is 0 Å². The maximum atomic E-state index is 9.85. The predicted octanol–water partition coefficient (Wildman–Crippen LogP) is 7.36. The fourth-order valence-corrected chi connectivity index (χ4v) is 6.37. The Balaban J connectivity index is 1.08. The van der Waals surface area contributed by atoms with E-state index < -0.39 is 0 Å². The summed E-state index contributed by atoms with van der Waals surface area (Å²) in [5, 5.41) is 13.6. The summed E-state index contributed by atoms with van der Waals surface area (Å²) in [6.07, 6.45) is 10.6. The summed E-state index contributed by atoms with van der Waals surface area (Å²) in [6, 6.07) is 21.0. The minimum absolute atomic E-state index is 0.216. The largest absolute Gasteiger partial charge is 0.508 e. The molecule has 0 amide bonds. The van der Waals surface area contributed by atoms with E-state index in [0.717, 1.165) is 63.1 Å². The number of phenolic OH excluding ortho intramolecular Hbond substituents is 1. The Bertz CT molecular complexity index is 1220. The van der Waals surface area contributed by atoms with Gasteiger partial charge in [0.2, 0.25) is 0 Å². The number of hydrogen-bond acceptors (Lipinski definition) is 5. The molecule has 1 heterocycles. The summed E-state index contributed by atoms with van der Waals surface area (Å²) < 4.78 is 11.7. The number of rotatable bonds is 12. The summed E-state index contributed by atoms with van der Waals surface area (Å²) in [7, 11) is 1.73. The Morgan fingerprint density at radius 1 is 0.925 bits per heavy atom. The van der Waals surface area contributed by atoms with Crippen LogP contribution < -0.4 is 14.8 Å². The highest BCUT2D eigenvalue weighted by Crippen LogP contribution is 2.38. The van der Waals surface area contributed by atoms with Crippen molar-refractivity contribution >= 4 is 5.69 Å². The van der Waals surface area contributed by atoms with Crippen LogP contribution in [-0.4, -0.2) is 49.4 Å². The molecule has 2 atom stereocenters. The van der Waals surface area contributed by atoms with E-state index in [1.807, 2.05) is 12.1 Å². The van der Waals surface area contributed by atoms with Gasteiger partial charge in [0, 0.05) is 24.8 Å². The number of hydrogen-bond donors (Lipinski definition) is 2. The summed E-state index contributed by atoms with van der Waals surface area (Å²) in [6.45, 7) is 6.56. The van der Waals surface area contributed by atoms with Crippen molar-refractivity contribution < 1.29 is 14.6 Å². The third-order valence-corrected chi connectivity index (χ3v) is 8.55. The number of methoxy groups -OCH3 is 1. The van der Waals surface area contributed by atoms with E-state index in [4.69, 9.17) is 9.47 Å². The minimum atomic E-state index is 0.216. The van der Waals surface area contributed by atoms with Gasteiger partial charge in [0.1, 0.15) is 23.4 Å². The first-order valence-electron chi connectivity index (χ1n) is 15.3. The van der Waals surface area contributed by atoms with Crippen LogP contribution in [0.5, 0.6) is 17.2 Å². The lowest BCUT2D eigenvalue weighted by Crippen LogP contribution is -2.37. The minimum Gasteiger partial charge on any atom is -0.508 e. The molecule has 2 aliphatic rings. The van der Waals surface area contributed by atoms with Gasteiger partial charge in [0.25, 0.3) is 0 Å². The molecule has 3 aromatic carbocycles. The molecule has 3 aromatic rings. The Labute approximate surface area is 240 Å². The molecule has 0 bridgehead atoms. The number of nitrogens with one attached hydrogen (secondary N) is 1. The number of piperidine rings is 1. The number of unbranched alkanes of at least 4 members (excludes halogenated alkanes) is 1. The number of aryl methyl sites for hydroxylation is 2. The fraction of sp³-hybridized carbons (Fsp3) is 0.486. The average molecular weight is 543 g/mol. The predicted molar refractivity (Wildman–Crippen MR) is 164 cm³/mol. The van der Waals surface area contributed by atoms with Gasteiger partial charge in [0.15, 0.2) is 0 Å². The highest BCUT2D eigenvalue weighted by Gasteiger charge is 2.23. The van der Waals surface area contributed by atoms with E-state index in [1.165, 1.54) is 60.3 Å². The third kappa shape index (κ3) is 7.72. The molecule has 0 radical (unpaired) electrons. The van der Waals surface area contributed by atoms with Gasteiger partial charge in [-0.15, -0.1) is 0 Å². The lowest BCUT2D eigenvalue weighted by molar-refractivity contribution is 0.130.